The van der Waals surface area contributed by atoms with E-state index in [-0.39, 0.29) is 24.6 Å². The number of hydrogen-bond acceptors (Lipinski definition) is 11. The van der Waals surface area contributed by atoms with Crippen molar-refractivity contribution in [3.63, 3.8) is 0 Å². The Kier molecular flexibility index (Phi) is 21.1. The Bertz CT molecular complexity index is 3360. The number of urea groups is 1. The van der Waals surface area contributed by atoms with Gasteiger partial charge >= 0.3 is 6.03 Å². The maximum Gasteiger partial charge on any atom is 0.326 e. The molecule has 0 radical (unpaired) electrons. The Hall–Kier alpha value is -7.01. The highest BCUT2D eigenvalue weighted by Gasteiger charge is 2.45. The number of unbranched alkanes of at least 4 members (excludes halogenated alkanes) is 8. The SMILES string of the molecule is COc1ccc(C2=N[C@@H](c3ccc(Cl)cc3)[C@@H](c3ccc(Cl)cc3)N2C(=O)N2CCN(CC(=O)NCCCCCCCCCCCc3cccc(-c4c(C)nn5c(N6CCN(CCO)CC6)cc(-c6ccccc6)nc45)c3)CC2)c(OC(C)C)c1. The topological polar surface area (TPSA) is 144 Å². The third kappa shape index (κ3) is 15.3. The second kappa shape index (κ2) is 29.4. The van der Waals surface area contributed by atoms with E-state index in [2.05, 4.69) is 81.5 Å². The number of aryl methyl sites for hydroxylation is 2. The number of amidine groups is 1. The molecule has 448 valence electrons. The van der Waals surface area contributed by atoms with Crippen molar-refractivity contribution in [3.8, 4) is 33.9 Å². The number of fused-ring (bicyclic) bond motifs is 1. The van der Waals surface area contributed by atoms with Crippen LogP contribution in [0.3, 0.4) is 0 Å². The standard InChI is InChI=1S/C68H82Cl2N10O5/c1-48(2)85-60-45-57(84-4)31-32-58(60)66-73-64(52-23-27-55(69)28-24-52)65(53-25-29-56(70)30-26-53)79(66)68(83)78-40-36-76(37-41-78)47-61(82)71-33-16-11-9-7-5-6-8-10-13-18-50-19-17-22-54(44-50)63-49(3)74-80-62(77-38-34-75(35-39-77)42-43-81)46-59(72-67(63)80)51-20-14-12-15-21-51/h12,14-15,17,19-32,44-46,48,64-65,81H,5-11,13,16,18,33-43,47H2,1-4H3,(H,71,82)/t64-,65+/m0/s1. The summed E-state index contributed by atoms with van der Waals surface area (Å²) in [5.74, 6) is 2.76. The van der Waals surface area contributed by atoms with Crippen molar-refractivity contribution in [2.45, 2.75) is 103 Å². The zero-order valence-electron chi connectivity index (χ0n) is 49.8. The molecule has 85 heavy (non-hydrogen) atoms. The second-order valence-corrected chi connectivity index (χ2v) is 23.9. The molecule has 17 heteroatoms. The van der Waals surface area contributed by atoms with Crippen LogP contribution in [0.25, 0.3) is 28.0 Å². The van der Waals surface area contributed by atoms with Gasteiger partial charge in [-0.15, -0.1) is 0 Å². The summed E-state index contributed by atoms with van der Waals surface area (Å²) >= 11 is 12.8. The molecule has 7 aromatic rings. The lowest BCUT2D eigenvalue weighted by molar-refractivity contribution is -0.122. The number of aliphatic hydroxyl groups is 1. The van der Waals surface area contributed by atoms with Crippen LogP contribution in [0.15, 0.2) is 132 Å². The summed E-state index contributed by atoms with van der Waals surface area (Å²) in [6.07, 6.45) is 11.4. The number of hydrogen-bond donors (Lipinski definition) is 2. The fourth-order valence-corrected chi connectivity index (χ4v) is 12.4. The van der Waals surface area contributed by atoms with Crippen molar-refractivity contribution < 1.29 is 24.2 Å². The third-order valence-corrected chi connectivity index (χ3v) is 17.1. The predicted octanol–water partition coefficient (Wildman–Crippen LogP) is 12.7. The molecule has 2 saturated heterocycles. The highest BCUT2D eigenvalue weighted by atomic mass is 35.5. The van der Waals surface area contributed by atoms with E-state index in [1.54, 1.807) is 7.11 Å². The number of halogens is 2. The minimum atomic E-state index is -0.506. The molecule has 3 aliphatic heterocycles. The summed E-state index contributed by atoms with van der Waals surface area (Å²) in [5.41, 5.74) is 9.93. The summed E-state index contributed by atoms with van der Waals surface area (Å²) in [5, 5.41) is 19.0. The van der Waals surface area contributed by atoms with Gasteiger partial charge in [-0.25, -0.2) is 9.78 Å². The van der Waals surface area contributed by atoms with E-state index in [0.29, 0.717) is 78.8 Å². The fraction of sp³-hybridized carbons (Fsp3) is 0.426. The number of rotatable bonds is 25. The number of nitrogens with zero attached hydrogens (tertiary/aromatic N) is 9. The zero-order chi connectivity index (χ0) is 59.2. The van der Waals surface area contributed by atoms with Crippen molar-refractivity contribution in [2.24, 2.45) is 4.99 Å². The number of amides is 3. The summed E-state index contributed by atoms with van der Waals surface area (Å²) < 4.78 is 14.0. The van der Waals surface area contributed by atoms with E-state index in [4.69, 9.17) is 47.8 Å². The first kappa shape index (κ1) is 61.1. The molecule has 0 unspecified atom stereocenters. The number of carbonyl (C=O) groups excluding carboxylic acids is 2. The molecule has 3 amide bonds. The minimum absolute atomic E-state index is 0.0151. The number of nitrogens with one attached hydrogen (secondary N) is 1. The highest BCUT2D eigenvalue weighted by Crippen LogP contribution is 2.46. The molecule has 2 aromatic heterocycles. The molecule has 15 nitrogen and oxygen atoms in total. The molecule has 5 heterocycles. The van der Waals surface area contributed by atoms with Crippen molar-refractivity contribution in [1.29, 1.82) is 0 Å². The van der Waals surface area contributed by atoms with Crippen LogP contribution < -0.4 is 19.7 Å². The monoisotopic (exact) mass is 1190 g/mol. The minimum Gasteiger partial charge on any atom is -0.497 e. The first-order valence-corrected chi connectivity index (χ1v) is 31.3. The van der Waals surface area contributed by atoms with Crippen LogP contribution in [-0.4, -0.2) is 149 Å². The van der Waals surface area contributed by atoms with Gasteiger partial charge < -0.3 is 29.7 Å². The van der Waals surface area contributed by atoms with Crippen LogP contribution >= 0.6 is 23.2 Å². The molecule has 0 bridgehead atoms. The Labute approximate surface area is 511 Å². The lowest BCUT2D eigenvalue weighted by Gasteiger charge is -2.39. The Morgan fingerprint density at radius 2 is 1.35 bits per heavy atom. The average Bonchev–Trinajstić information content (AvgIpc) is 2.00. The number of piperazine rings is 2. The number of benzene rings is 5. The predicted molar refractivity (Wildman–Crippen MR) is 342 cm³/mol. The van der Waals surface area contributed by atoms with Crippen LogP contribution in [0.2, 0.25) is 10.0 Å². The Morgan fingerprint density at radius 1 is 0.706 bits per heavy atom. The van der Waals surface area contributed by atoms with E-state index in [9.17, 15) is 9.90 Å². The number of aromatic nitrogens is 3. The van der Waals surface area contributed by atoms with E-state index >= 15 is 4.79 Å². The van der Waals surface area contributed by atoms with Gasteiger partial charge in [0.15, 0.2) is 5.65 Å². The van der Waals surface area contributed by atoms with Crippen LogP contribution in [0.5, 0.6) is 11.5 Å². The molecule has 2 N–H and O–H groups in total. The molecule has 0 saturated carbocycles. The van der Waals surface area contributed by atoms with E-state index in [1.807, 2.05) is 101 Å². The first-order valence-electron chi connectivity index (χ1n) is 30.6. The number of methoxy groups -OCH3 is 1. The van der Waals surface area contributed by atoms with Gasteiger partial charge in [-0.1, -0.05) is 147 Å². The molecule has 3 aliphatic rings. The zero-order valence-corrected chi connectivity index (χ0v) is 51.3. The van der Waals surface area contributed by atoms with E-state index < -0.39 is 12.1 Å². The molecule has 0 spiro atoms. The summed E-state index contributed by atoms with van der Waals surface area (Å²) in [4.78, 5) is 49.5. The van der Waals surface area contributed by atoms with Gasteiger partial charge in [0.2, 0.25) is 5.91 Å². The Balaban J connectivity index is 0.655. The molecular weight excluding hydrogens is 1110 g/mol. The van der Waals surface area contributed by atoms with E-state index in [0.717, 1.165) is 103 Å². The fourth-order valence-electron chi connectivity index (χ4n) is 12.1. The number of aliphatic hydroxyl groups excluding tert-OH is 1. The van der Waals surface area contributed by atoms with E-state index in [1.165, 1.54) is 44.1 Å². The molecule has 2 atom stereocenters. The van der Waals surface area contributed by atoms with Crippen molar-refractivity contribution in [2.75, 3.05) is 90.6 Å². The van der Waals surface area contributed by atoms with Gasteiger partial charge in [0, 0.05) is 98.8 Å². The summed E-state index contributed by atoms with van der Waals surface area (Å²) in [7, 11) is 1.62. The maximum absolute atomic E-state index is 15.1. The third-order valence-electron chi connectivity index (χ3n) is 16.6. The average molecular weight is 1190 g/mol. The number of anilines is 1. The Morgan fingerprint density at radius 3 is 2.02 bits per heavy atom. The van der Waals surface area contributed by atoms with Gasteiger partial charge in [-0.3, -0.25) is 24.5 Å². The summed E-state index contributed by atoms with van der Waals surface area (Å²) in [6, 6.07) is 41.3. The van der Waals surface area contributed by atoms with Crippen molar-refractivity contribution in [3.05, 3.63) is 165 Å². The number of carbonyl (C=O) groups is 2. The second-order valence-electron chi connectivity index (χ2n) is 23.0. The smallest absolute Gasteiger partial charge is 0.326 e. The van der Waals surface area contributed by atoms with Crippen LogP contribution in [0.4, 0.5) is 10.6 Å². The van der Waals surface area contributed by atoms with Gasteiger partial charge in [0.25, 0.3) is 0 Å². The molecule has 5 aromatic carbocycles. The molecule has 0 aliphatic carbocycles. The molecule has 10 rings (SSSR count). The first-order chi connectivity index (χ1) is 41.4. The van der Waals surface area contributed by atoms with Gasteiger partial charge in [-0.2, -0.15) is 9.61 Å². The quantitative estimate of drug-likeness (QED) is 0.0531. The lowest BCUT2D eigenvalue weighted by Crippen LogP contribution is -2.55. The van der Waals surface area contributed by atoms with Crippen LogP contribution in [0, 0.1) is 6.92 Å². The normalized spacial score (nSPS) is 16.8. The molecule has 2 fully saturated rings. The highest BCUT2D eigenvalue weighted by molar-refractivity contribution is 6.30. The van der Waals surface area contributed by atoms with Crippen molar-refractivity contribution >= 4 is 52.4 Å². The van der Waals surface area contributed by atoms with Gasteiger partial charge in [0.05, 0.1) is 49.4 Å². The maximum atomic E-state index is 15.1. The van der Waals surface area contributed by atoms with Crippen LogP contribution in [0.1, 0.15) is 112 Å². The summed E-state index contributed by atoms with van der Waals surface area (Å²) in [6.45, 7) is 13.4. The number of aliphatic imine (C=N–C) groups is 1. The lowest BCUT2D eigenvalue weighted by atomic mass is 9.93. The van der Waals surface area contributed by atoms with Gasteiger partial charge in [-0.05, 0) is 98.7 Å². The van der Waals surface area contributed by atoms with Gasteiger partial charge in [0.1, 0.15) is 29.2 Å². The largest absolute Gasteiger partial charge is 0.497 e. The number of ether oxygens (including phenoxy) is 2. The number of β-amino-alcohol motifs (C(OH)–C–C–N with tert-alkyl or cyclic N) is 1. The van der Waals surface area contributed by atoms with Crippen LogP contribution in [-0.2, 0) is 11.2 Å². The van der Waals surface area contributed by atoms with Crippen molar-refractivity contribution in [1.82, 2.24) is 39.5 Å². The molecular formula is C68H82Cl2N10O5.